The molecule has 3 nitrogen and oxygen atoms in total. The summed E-state index contributed by atoms with van der Waals surface area (Å²) in [6.45, 7) is 13.1. The summed E-state index contributed by atoms with van der Waals surface area (Å²) in [6.07, 6.45) is 8.43. The number of nitrogens with zero attached hydrogens (tertiary/aromatic N) is 3. The van der Waals surface area contributed by atoms with Crippen molar-refractivity contribution in [1.29, 1.82) is 0 Å². The van der Waals surface area contributed by atoms with Gasteiger partial charge in [0.1, 0.15) is 5.82 Å². The van der Waals surface area contributed by atoms with Gasteiger partial charge in [0.05, 0.1) is 5.69 Å². The van der Waals surface area contributed by atoms with Crippen LogP contribution in [-0.2, 0) is 6.54 Å². The van der Waals surface area contributed by atoms with Crippen molar-refractivity contribution in [3.05, 3.63) is 94.4 Å². The van der Waals surface area contributed by atoms with Crippen molar-refractivity contribution in [1.82, 2.24) is 14.8 Å². The van der Waals surface area contributed by atoms with Gasteiger partial charge < -0.3 is 4.90 Å². The van der Waals surface area contributed by atoms with E-state index in [0.29, 0.717) is 0 Å². The van der Waals surface area contributed by atoms with E-state index in [2.05, 4.69) is 72.0 Å². The lowest BCUT2D eigenvalue weighted by Crippen LogP contribution is -2.46. The molecule has 1 saturated heterocycles. The Morgan fingerprint density at radius 1 is 0.882 bits per heavy atom. The number of hydrogen-bond acceptors (Lipinski definition) is 3. The smallest absolute Gasteiger partial charge is 0.123 e. The molecule has 0 aliphatic carbocycles. The van der Waals surface area contributed by atoms with Crippen molar-refractivity contribution in [3.8, 4) is 11.3 Å². The Labute approximate surface area is 203 Å². The average molecular weight is 458 g/mol. The molecule has 3 aromatic rings. The molecule has 2 heterocycles. The second kappa shape index (κ2) is 11.5. The number of hydrogen-bond donors (Lipinski definition) is 0. The summed E-state index contributed by atoms with van der Waals surface area (Å²) in [6, 6.07) is 15.6. The average Bonchev–Trinajstić information content (AvgIpc) is 2.84. The number of aryl methyl sites for hydroxylation is 2. The van der Waals surface area contributed by atoms with Gasteiger partial charge in [-0.15, -0.1) is 0 Å². The number of aromatic nitrogens is 1. The molecule has 4 heteroatoms. The number of halogens is 1. The second-order valence-corrected chi connectivity index (χ2v) is 9.50. The number of rotatable bonds is 8. The highest BCUT2D eigenvalue weighted by atomic mass is 19.1. The Morgan fingerprint density at radius 2 is 1.56 bits per heavy atom. The fourth-order valence-corrected chi connectivity index (χ4v) is 4.57. The van der Waals surface area contributed by atoms with Gasteiger partial charge in [-0.25, -0.2) is 4.39 Å². The molecular weight excluding hydrogens is 421 g/mol. The molecule has 0 amide bonds. The minimum absolute atomic E-state index is 0.183. The molecule has 1 aliphatic rings. The van der Waals surface area contributed by atoms with Crippen molar-refractivity contribution in [3.63, 3.8) is 0 Å². The normalized spacial score (nSPS) is 15.3. The fourth-order valence-electron chi connectivity index (χ4n) is 4.57. The highest BCUT2D eigenvalue weighted by Crippen LogP contribution is 2.24. The molecular formula is C30H36FN3. The maximum Gasteiger partial charge on any atom is 0.123 e. The van der Waals surface area contributed by atoms with E-state index in [1.807, 2.05) is 18.3 Å². The molecule has 1 fully saturated rings. The number of pyridine rings is 1. The Bertz CT molecular complexity index is 1090. The first-order valence-corrected chi connectivity index (χ1v) is 12.4. The number of piperazine rings is 1. The van der Waals surface area contributed by atoms with E-state index in [1.54, 1.807) is 0 Å². The van der Waals surface area contributed by atoms with Crippen molar-refractivity contribution in [2.75, 3.05) is 32.7 Å². The van der Waals surface area contributed by atoms with Gasteiger partial charge in [-0.3, -0.25) is 9.88 Å². The molecule has 1 aliphatic heterocycles. The lowest BCUT2D eigenvalue weighted by Gasteiger charge is -2.34. The summed E-state index contributed by atoms with van der Waals surface area (Å²) < 4.78 is 13.0. The van der Waals surface area contributed by atoms with Gasteiger partial charge in [0, 0.05) is 44.5 Å². The van der Waals surface area contributed by atoms with Gasteiger partial charge >= 0.3 is 0 Å². The SMILES string of the molecule is Cc1cc(-c2cc(CN3CCN(CCC/C=C/c4ccc(F)cc4)CC3)ccn2)cc(C)c1C. The number of allylic oxidation sites excluding steroid dienone is 1. The highest BCUT2D eigenvalue weighted by molar-refractivity contribution is 5.63. The standard InChI is InChI=1S/C30H36FN3/c1-23-19-28(20-24(2)25(23)3)30-21-27(12-13-32-30)22-34-17-15-33(16-18-34)14-6-4-5-7-26-8-10-29(31)11-9-26/h5,7-13,19-21H,4,6,14-18,22H2,1-3H3/b7-5+. The first kappa shape index (κ1) is 24.3. The van der Waals surface area contributed by atoms with Gasteiger partial charge in [0.2, 0.25) is 0 Å². The topological polar surface area (TPSA) is 19.4 Å². The molecule has 2 aromatic carbocycles. The first-order valence-electron chi connectivity index (χ1n) is 12.4. The molecule has 1 aromatic heterocycles. The lowest BCUT2D eigenvalue weighted by molar-refractivity contribution is 0.126. The summed E-state index contributed by atoms with van der Waals surface area (Å²) in [5.74, 6) is -0.183. The highest BCUT2D eigenvalue weighted by Gasteiger charge is 2.17. The second-order valence-electron chi connectivity index (χ2n) is 9.50. The number of unbranched alkanes of at least 4 members (excludes halogenated alkanes) is 1. The maximum absolute atomic E-state index is 13.0. The van der Waals surface area contributed by atoms with Crippen molar-refractivity contribution in [2.45, 2.75) is 40.2 Å². The minimum atomic E-state index is -0.183. The third-order valence-electron chi connectivity index (χ3n) is 6.94. The zero-order chi connectivity index (χ0) is 23.9. The quantitative estimate of drug-likeness (QED) is 0.364. The molecule has 0 spiro atoms. The van der Waals surface area contributed by atoms with Gasteiger partial charge in [-0.2, -0.15) is 0 Å². The van der Waals surface area contributed by atoms with Crippen LogP contribution in [-0.4, -0.2) is 47.5 Å². The summed E-state index contributed by atoms with van der Waals surface area (Å²) in [4.78, 5) is 9.77. The number of benzene rings is 2. The minimum Gasteiger partial charge on any atom is -0.301 e. The molecule has 0 saturated carbocycles. The molecule has 4 rings (SSSR count). The Hall–Kier alpha value is -2.82. The molecule has 0 bridgehead atoms. The van der Waals surface area contributed by atoms with E-state index < -0.39 is 0 Å². The van der Waals surface area contributed by atoms with Crippen LogP contribution in [0.3, 0.4) is 0 Å². The summed E-state index contributed by atoms with van der Waals surface area (Å²) in [7, 11) is 0. The maximum atomic E-state index is 13.0. The zero-order valence-corrected chi connectivity index (χ0v) is 20.7. The van der Waals surface area contributed by atoms with E-state index in [-0.39, 0.29) is 5.82 Å². The predicted octanol–water partition coefficient (Wildman–Crippen LogP) is 6.42. The van der Waals surface area contributed by atoms with Crippen LogP contribution in [0.4, 0.5) is 4.39 Å². The third-order valence-corrected chi connectivity index (χ3v) is 6.94. The molecule has 0 unspecified atom stereocenters. The van der Waals surface area contributed by atoms with Gasteiger partial charge in [-0.05, 0) is 104 Å². The van der Waals surface area contributed by atoms with Crippen LogP contribution in [0.25, 0.3) is 17.3 Å². The lowest BCUT2D eigenvalue weighted by atomic mass is 9.98. The third kappa shape index (κ3) is 6.62. The van der Waals surface area contributed by atoms with Gasteiger partial charge in [0.15, 0.2) is 0 Å². The first-order chi connectivity index (χ1) is 16.5. The van der Waals surface area contributed by atoms with E-state index in [4.69, 9.17) is 0 Å². The van der Waals surface area contributed by atoms with E-state index in [0.717, 1.165) is 63.4 Å². The van der Waals surface area contributed by atoms with Crippen LogP contribution in [0.5, 0.6) is 0 Å². The Balaban J connectivity index is 1.22. The molecule has 0 atom stereocenters. The van der Waals surface area contributed by atoms with Gasteiger partial charge in [0.25, 0.3) is 0 Å². The molecule has 0 N–H and O–H groups in total. The van der Waals surface area contributed by atoms with Crippen LogP contribution >= 0.6 is 0 Å². The van der Waals surface area contributed by atoms with Crippen LogP contribution in [0, 0.1) is 26.6 Å². The zero-order valence-electron chi connectivity index (χ0n) is 20.7. The summed E-state index contributed by atoms with van der Waals surface area (Å²) >= 11 is 0. The largest absolute Gasteiger partial charge is 0.301 e. The van der Waals surface area contributed by atoms with Crippen molar-refractivity contribution < 1.29 is 4.39 Å². The van der Waals surface area contributed by atoms with Crippen LogP contribution in [0.2, 0.25) is 0 Å². The van der Waals surface area contributed by atoms with Gasteiger partial charge in [-0.1, -0.05) is 24.3 Å². The van der Waals surface area contributed by atoms with Crippen LogP contribution < -0.4 is 0 Å². The Morgan fingerprint density at radius 3 is 2.26 bits per heavy atom. The molecule has 0 radical (unpaired) electrons. The van der Waals surface area contributed by atoms with Crippen molar-refractivity contribution >= 4 is 6.08 Å². The van der Waals surface area contributed by atoms with E-state index in [1.165, 1.54) is 39.9 Å². The van der Waals surface area contributed by atoms with Crippen LogP contribution in [0.15, 0.2) is 60.8 Å². The molecule has 178 valence electrons. The van der Waals surface area contributed by atoms with E-state index >= 15 is 0 Å². The summed E-state index contributed by atoms with van der Waals surface area (Å²) in [5, 5.41) is 0. The van der Waals surface area contributed by atoms with E-state index in [9.17, 15) is 4.39 Å². The fraction of sp³-hybridized carbons (Fsp3) is 0.367. The predicted molar refractivity (Wildman–Crippen MR) is 140 cm³/mol. The van der Waals surface area contributed by atoms with Crippen LogP contribution in [0.1, 0.15) is 40.7 Å². The monoisotopic (exact) mass is 457 g/mol. The Kier molecular flexibility index (Phi) is 8.25. The molecule has 34 heavy (non-hydrogen) atoms. The van der Waals surface area contributed by atoms with Crippen molar-refractivity contribution in [2.24, 2.45) is 0 Å². The summed E-state index contributed by atoms with van der Waals surface area (Å²) in [5.41, 5.74) is 8.68.